The van der Waals surface area contributed by atoms with Crippen molar-refractivity contribution >= 4 is 5.91 Å². The predicted molar refractivity (Wildman–Crippen MR) is 44.3 cm³/mol. The van der Waals surface area contributed by atoms with E-state index in [4.69, 9.17) is 0 Å². The fourth-order valence-corrected chi connectivity index (χ4v) is 1.22. The molecule has 64 valence electrons. The van der Waals surface area contributed by atoms with Crippen molar-refractivity contribution in [1.82, 2.24) is 10.6 Å². The standard InChI is InChI=1S/C8H16N2O/c11-8-7-9-5-3-1-2-4-6-10-8/h9H,1-7H2,(H,10,11). The van der Waals surface area contributed by atoms with Gasteiger partial charge in [-0.05, 0) is 19.4 Å². The number of hydrogen-bond acceptors (Lipinski definition) is 2. The van der Waals surface area contributed by atoms with E-state index in [0.29, 0.717) is 6.54 Å². The van der Waals surface area contributed by atoms with Gasteiger partial charge in [0, 0.05) is 6.54 Å². The highest BCUT2D eigenvalue weighted by atomic mass is 16.1. The van der Waals surface area contributed by atoms with Gasteiger partial charge in [0.15, 0.2) is 0 Å². The second-order valence-electron chi connectivity index (χ2n) is 2.94. The zero-order valence-corrected chi connectivity index (χ0v) is 6.86. The zero-order chi connectivity index (χ0) is 7.94. The highest BCUT2D eigenvalue weighted by Crippen LogP contribution is 1.98. The van der Waals surface area contributed by atoms with Crippen LogP contribution in [0.2, 0.25) is 0 Å². The topological polar surface area (TPSA) is 41.1 Å². The van der Waals surface area contributed by atoms with Crippen LogP contribution in [0.3, 0.4) is 0 Å². The van der Waals surface area contributed by atoms with Crippen LogP contribution in [0.15, 0.2) is 0 Å². The first kappa shape index (κ1) is 8.53. The number of carbonyl (C=O) groups excluding carboxylic acids is 1. The Hall–Kier alpha value is -0.570. The molecular formula is C8H16N2O. The quantitative estimate of drug-likeness (QED) is 0.528. The molecule has 3 heteroatoms. The molecule has 3 nitrogen and oxygen atoms in total. The van der Waals surface area contributed by atoms with E-state index in [1.165, 1.54) is 19.3 Å². The Kier molecular flexibility index (Phi) is 3.98. The predicted octanol–water partition coefficient (Wildman–Crippen LogP) is 0.266. The molecule has 1 saturated heterocycles. The van der Waals surface area contributed by atoms with Gasteiger partial charge < -0.3 is 10.6 Å². The largest absolute Gasteiger partial charge is 0.355 e. The average Bonchev–Trinajstić information content (AvgIpc) is 2.03. The van der Waals surface area contributed by atoms with E-state index < -0.39 is 0 Å². The number of nitrogens with one attached hydrogen (secondary N) is 2. The first-order valence-electron chi connectivity index (χ1n) is 4.37. The Morgan fingerprint density at radius 1 is 1.00 bits per heavy atom. The molecular weight excluding hydrogens is 140 g/mol. The highest BCUT2D eigenvalue weighted by Gasteiger charge is 2.01. The molecule has 0 saturated carbocycles. The summed E-state index contributed by atoms with van der Waals surface area (Å²) < 4.78 is 0. The summed E-state index contributed by atoms with van der Waals surface area (Å²) in [6, 6.07) is 0. The molecule has 0 atom stereocenters. The molecule has 0 bridgehead atoms. The van der Waals surface area contributed by atoms with Gasteiger partial charge >= 0.3 is 0 Å². The van der Waals surface area contributed by atoms with Gasteiger partial charge in [-0.15, -0.1) is 0 Å². The van der Waals surface area contributed by atoms with E-state index in [9.17, 15) is 4.79 Å². The highest BCUT2D eigenvalue weighted by molar-refractivity contribution is 5.77. The summed E-state index contributed by atoms with van der Waals surface area (Å²) in [4.78, 5) is 10.9. The van der Waals surface area contributed by atoms with Gasteiger partial charge in [0.05, 0.1) is 6.54 Å². The third kappa shape index (κ3) is 3.98. The van der Waals surface area contributed by atoms with Gasteiger partial charge in [-0.1, -0.05) is 12.8 Å². The summed E-state index contributed by atoms with van der Waals surface area (Å²) in [5, 5.41) is 5.94. The minimum Gasteiger partial charge on any atom is -0.355 e. The van der Waals surface area contributed by atoms with Crippen LogP contribution in [0.25, 0.3) is 0 Å². The van der Waals surface area contributed by atoms with Gasteiger partial charge in [0.2, 0.25) is 5.91 Å². The number of hydrogen-bond donors (Lipinski definition) is 2. The van der Waals surface area contributed by atoms with Gasteiger partial charge in [0.25, 0.3) is 0 Å². The molecule has 1 heterocycles. The van der Waals surface area contributed by atoms with Crippen molar-refractivity contribution in [2.45, 2.75) is 25.7 Å². The number of carbonyl (C=O) groups is 1. The van der Waals surface area contributed by atoms with Gasteiger partial charge in [-0.3, -0.25) is 4.79 Å². The molecule has 11 heavy (non-hydrogen) atoms. The van der Waals surface area contributed by atoms with Crippen LogP contribution in [0.5, 0.6) is 0 Å². The van der Waals surface area contributed by atoms with E-state index in [2.05, 4.69) is 10.6 Å². The molecule has 1 aliphatic rings. The molecule has 0 radical (unpaired) electrons. The van der Waals surface area contributed by atoms with Crippen molar-refractivity contribution in [1.29, 1.82) is 0 Å². The summed E-state index contributed by atoms with van der Waals surface area (Å²) in [7, 11) is 0. The lowest BCUT2D eigenvalue weighted by Crippen LogP contribution is -2.35. The third-order valence-electron chi connectivity index (χ3n) is 1.89. The van der Waals surface area contributed by atoms with Crippen molar-refractivity contribution in [3.8, 4) is 0 Å². The Morgan fingerprint density at radius 2 is 1.73 bits per heavy atom. The van der Waals surface area contributed by atoms with Crippen molar-refractivity contribution in [3.05, 3.63) is 0 Å². The van der Waals surface area contributed by atoms with E-state index in [0.717, 1.165) is 19.5 Å². The molecule has 1 rings (SSSR count). The lowest BCUT2D eigenvalue weighted by atomic mass is 10.2. The maximum Gasteiger partial charge on any atom is 0.233 e. The second-order valence-corrected chi connectivity index (χ2v) is 2.94. The van der Waals surface area contributed by atoms with Crippen molar-refractivity contribution in [2.24, 2.45) is 0 Å². The smallest absolute Gasteiger partial charge is 0.233 e. The molecule has 1 amide bonds. The third-order valence-corrected chi connectivity index (χ3v) is 1.89. The molecule has 0 aromatic rings. The summed E-state index contributed by atoms with van der Waals surface area (Å²) in [5.74, 6) is 0.131. The van der Waals surface area contributed by atoms with Crippen LogP contribution in [0.1, 0.15) is 25.7 Å². The molecule has 1 fully saturated rings. The van der Waals surface area contributed by atoms with E-state index in [1.54, 1.807) is 0 Å². The molecule has 2 N–H and O–H groups in total. The molecule has 0 spiro atoms. The van der Waals surface area contributed by atoms with Crippen LogP contribution in [-0.2, 0) is 4.79 Å². The maximum absolute atomic E-state index is 10.9. The van der Waals surface area contributed by atoms with Crippen LogP contribution >= 0.6 is 0 Å². The van der Waals surface area contributed by atoms with Gasteiger partial charge in [-0.25, -0.2) is 0 Å². The summed E-state index contributed by atoms with van der Waals surface area (Å²) in [5.41, 5.74) is 0. The first-order chi connectivity index (χ1) is 5.39. The molecule has 0 aromatic carbocycles. The lowest BCUT2D eigenvalue weighted by molar-refractivity contribution is -0.120. The van der Waals surface area contributed by atoms with Crippen LogP contribution in [0.4, 0.5) is 0 Å². The SMILES string of the molecule is O=C1CNCCCCCCN1. The van der Waals surface area contributed by atoms with Crippen LogP contribution in [0, 0.1) is 0 Å². The van der Waals surface area contributed by atoms with Gasteiger partial charge in [0.1, 0.15) is 0 Å². The summed E-state index contributed by atoms with van der Waals surface area (Å²) in [6.45, 7) is 2.31. The minimum atomic E-state index is 0.131. The maximum atomic E-state index is 10.9. The molecule has 0 aliphatic carbocycles. The number of rotatable bonds is 0. The molecule has 0 unspecified atom stereocenters. The van der Waals surface area contributed by atoms with E-state index in [1.807, 2.05) is 0 Å². The summed E-state index contributed by atoms with van der Waals surface area (Å²) in [6.07, 6.45) is 4.85. The monoisotopic (exact) mass is 156 g/mol. The van der Waals surface area contributed by atoms with Gasteiger partial charge in [-0.2, -0.15) is 0 Å². The summed E-state index contributed by atoms with van der Waals surface area (Å²) >= 11 is 0. The fourth-order valence-electron chi connectivity index (χ4n) is 1.22. The molecule has 1 aliphatic heterocycles. The first-order valence-corrected chi connectivity index (χ1v) is 4.37. The van der Waals surface area contributed by atoms with Crippen molar-refractivity contribution < 1.29 is 4.79 Å². The Balaban J connectivity index is 2.17. The average molecular weight is 156 g/mol. The Morgan fingerprint density at radius 3 is 2.55 bits per heavy atom. The Labute approximate surface area is 67.5 Å². The fraction of sp³-hybridized carbons (Fsp3) is 0.875. The minimum absolute atomic E-state index is 0.131. The zero-order valence-electron chi connectivity index (χ0n) is 6.86. The van der Waals surface area contributed by atoms with E-state index in [-0.39, 0.29) is 5.91 Å². The van der Waals surface area contributed by atoms with Crippen molar-refractivity contribution in [3.63, 3.8) is 0 Å². The second kappa shape index (κ2) is 5.13. The normalized spacial score (nSPS) is 22.4. The Bertz CT molecular complexity index is 113. The lowest BCUT2D eigenvalue weighted by Gasteiger charge is -2.09. The molecule has 0 aromatic heterocycles. The number of amides is 1. The van der Waals surface area contributed by atoms with Crippen LogP contribution < -0.4 is 10.6 Å². The van der Waals surface area contributed by atoms with Crippen LogP contribution in [-0.4, -0.2) is 25.5 Å². The van der Waals surface area contributed by atoms with E-state index >= 15 is 0 Å². The van der Waals surface area contributed by atoms with Crippen molar-refractivity contribution in [2.75, 3.05) is 19.6 Å².